The van der Waals surface area contributed by atoms with Crippen LogP contribution in [0.4, 0.5) is 4.79 Å². The molecule has 0 saturated carbocycles. The Morgan fingerprint density at radius 3 is 2.47 bits per heavy atom. The van der Waals surface area contributed by atoms with Crippen molar-refractivity contribution in [3.63, 3.8) is 0 Å². The second kappa shape index (κ2) is 10.9. The molecule has 0 bridgehead atoms. The second-order valence-electron chi connectivity index (χ2n) is 8.85. The van der Waals surface area contributed by atoms with Crippen LogP contribution < -0.4 is 10.1 Å². The molecule has 8 nitrogen and oxygen atoms in total. The lowest BCUT2D eigenvalue weighted by atomic mass is 10.0. The third kappa shape index (κ3) is 5.95. The van der Waals surface area contributed by atoms with Gasteiger partial charge in [0.25, 0.3) is 0 Å². The number of rotatable bonds is 7. The first kappa shape index (κ1) is 25.3. The maximum atomic E-state index is 12.6. The summed E-state index contributed by atoms with van der Waals surface area (Å²) in [5.74, 6) is 0.842. The van der Waals surface area contributed by atoms with E-state index in [0.717, 1.165) is 41.4 Å². The topological polar surface area (TPSA) is 85.4 Å². The van der Waals surface area contributed by atoms with Crippen molar-refractivity contribution in [3.05, 3.63) is 50.8 Å². The summed E-state index contributed by atoms with van der Waals surface area (Å²) in [6.45, 7) is 6.62. The van der Waals surface area contributed by atoms with E-state index in [9.17, 15) is 4.79 Å². The van der Waals surface area contributed by atoms with Gasteiger partial charge in [0.05, 0.1) is 30.7 Å². The molecule has 0 radical (unpaired) electrons. The van der Waals surface area contributed by atoms with E-state index in [1.54, 1.807) is 10.7 Å². The highest BCUT2D eigenvalue weighted by Gasteiger charge is 2.24. The Balaban J connectivity index is 1.30. The fourth-order valence-corrected chi connectivity index (χ4v) is 6.22. The van der Waals surface area contributed by atoms with Gasteiger partial charge in [0, 0.05) is 37.3 Å². The van der Waals surface area contributed by atoms with Crippen molar-refractivity contribution in [3.8, 4) is 27.1 Å². The molecule has 1 amide bonds. The molecule has 36 heavy (non-hydrogen) atoms. The maximum Gasteiger partial charge on any atom is 0.414 e. The van der Waals surface area contributed by atoms with E-state index in [2.05, 4.69) is 34.3 Å². The number of piperidine rings is 1. The lowest BCUT2D eigenvalue weighted by Gasteiger charge is -2.34. The van der Waals surface area contributed by atoms with E-state index in [4.69, 9.17) is 32.5 Å². The van der Waals surface area contributed by atoms with Crippen LogP contribution in [0.15, 0.2) is 40.9 Å². The number of nitrogens with one attached hydrogen (secondary N) is 1. The summed E-state index contributed by atoms with van der Waals surface area (Å²) in [5, 5.41) is 11.7. The Bertz CT molecular complexity index is 1340. The van der Waals surface area contributed by atoms with Crippen LogP contribution in [0, 0.1) is 0 Å². The van der Waals surface area contributed by atoms with Crippen LogP contribution in [0.1, 0.15) is 32.4 Å². The summed E-state index contributed by atoms with van der Waals surface area (Å²) < 4.78 is 14.1. The zero-order valence-electron chi connectivity index (χ0n) is 19.7. The van der Waals surface area contributed by atoms with Gasteiger partial charge in [-0.3, -0.25) is 4.68 Å². The van der Waals surface area contributed by atoms with Crippen LogP contribution in [0.3, 0.4) is 0 Å². The molecule has 1 saturated heterocycles. The van der Waals surface area contributed by atoms with Gasteiger partial charge in [-0.25, -0.2) is 4.79 Å². The smallest absolute Gasteiger partial charge is 0.390 e. The Morgan fingerprint density at radius 1 is 1.14 bits per heavy atom. The molecule has 12 heteroatoms. The van der Waals surface area contributed by atoms with Gasteiger partial charge in [0.1, 0.15) is 5.69 Å². The number of hydrogen-bond acceptors (Lipinski definition) is 8. The van der Waals surface area contributed by atoms with Crippen LogP contribution in [-0.4, -0.2) is 51.1 Å². The summed E-state index contributed by atoms with van der Waals surface area (Å²) in [5.41, 5.74) is 1.44. The third-order valence-electron chi connectivity index (χ3n) is 6.05. The molecule has 5 heterocycles. The van der Waals surface area contributed by atoms with Crippen molar-refractivity contribution in [2.45, 2.75) is 45.3 Å². The van der Waals surface area contributed by atoms with Crippen molar-refractivity contribution in [2.75, 3.05) is 13.1 Å². The molecule has 190 valence electrons. The first-order valence-electron chi connectivity index (χ1n) is 11.6. The van der Waals surface area contributed by atoms with Crippen molar-refractivity contribution in [2.24, 2.45) is 0 Å². The average Bonchev–Trinajstić information content (AvgIpc) is 3.63. The van der Waals surface area contributed by atoms with Gasteiger partial charge >= 0.3 is 6.09 Å². The Hall–Kier alpha value is -2.37. The first-order chi connectivity index (χ1) is 17.3. The summed E-state index contributed by atoms with van der Waals surface area (Å²) in [6, 6.07) is 11.6. The molecule has 1 N–H and O–H groups in total. The van der Waals surface area contributed by atoms with E-state index in [1.165, 1.54) is 22.7 Å². The van der Waals surface area contributed by atoms with E-state index in [0.29, 0.717) is 32.7 Å². The molecule has 1 fully saturated rings. The van der Waals surface area contributed by atoms with Gasteiger partial charge in [-0.05, 0) is 51.0 Å². The summed E-state index contributed by atoms with van der Waals surface area (Å²) in [4.78, 5) is 16.8. The van der Waals surface area contributed by atoms with Gasteiger partial charge in [0.2, 0.25) is 5.88 Å². The Labute approximate surface area is 226 Å². The number of ether oxygens (including phenoxy) is 1. The number of halogens is 2. The van der Waals surface area contributed by atoms with Crippen molar-refractivity contribution < 1.29 is 14.1 Å². The number of hydrogen-bond donors (Lipinski definition) is 1. The zero-order chi connectivity index (χ0) is 25.2. The zero-order valence-corrected chi connectivity index (χ0v) is 22.9. The molecular weight excluding hydrogens is 541 g/mol. The number of amides is 1. The minimum Gasteiger partial charge on any atom is -0.390 e. The number of carbonyl (C=O) groups excluding carboxylic acids is 1. The molecular formula is C24H25Cl2N5O3S2. The number of nitrogens with zero attached hydrogens (tertiary/aromatic N) is 4. The summed E-state index contributed by atoms with van der Waals surface area (Å²) >= 11 is 15.1. The van der Waals surface area contributed by atoms with E-state index >= 15 is 0 Å². The molecule has 1 aliphatic rings. The standard InChI is InChI=1S/C24H25Cl2N5O3S2/c1-14(2)30-9-7-15(8-10-30)27-24(32)33-23-12-17(19-3-5-21(25)35-19)31(28-23)13-16-11-18(34-29-16)20-4-6-22(26)36-20/h3-6,11-12,14-15H,7-10,13H2,1-2H3,(H,27,32). The summed E-state index contributed by atoms with van der Waals surface area (Å²) in [6.07, 6.45) is 1.28. The van der Waals surface area contributed by atoms with Gasteiger partial charge in [-0.15, -0.1) is 27.8 Å². The highest BCUT2D eigenvalue weighted by Crippen LogP contribution is 2.34. The minimum absolute atomic E-state index is 0.0875. The van der Waals surface area contributed by atoms with Crippen LogP contribution in [-0.2, 0) is 6.54 Å². The van der Waals surface area contributed by atoms with Gasteiger partial charge in [-0.1, -0.05) is 28.4 Å². The molecule has 1 aliphatic heterocycles. The largest absolute Gasteiger partial charge is 0.414 e. The Kier molecular flexibility index (Phi) is 7.68. The predicted octanol–water partition coefficient (Wildman–Crippen LogP) is 6.64. The lowest BCUT2D eigenvalue weighted by Crippen LogP contribution is -2.47. The molecule has 0 unspecified atom stereocenters. The van der Waals surface area contributed by atoms with Crippen LogP contribution >= 0.6 is 45.9 Å². The van der Waals surface area contributed by atoms with Crippen molar-refractivity contribution >= 4 is 52.0 Å². The molecule has 0 spiro atoms. The number of carbonyl (C=O) groups is 1. The SMILES string of the molecule is CC(C)N1CCC(NC(=O)Oc2cc(-c3ccc(Cl)s3)n(Cc3cc(-c4ccc(Cl)s4)on3)n2)CC1. The number of thiophene rings is 2. The quantitative estimate of drug-likeness (QED) is 0.270. The normalized spacial score (nSPS) is 15.0. The van der Waals surface area contributed by atoms with Crippen LogP contribution in [0.25, 0.3) is 21.2 Å². The van der Waals surface area contributed by atoms with Crippen molar-refractivity contribution in [1.82, 2.24) is 25.2 Å². The monoisotopic (exact) mass is 565 g/mol. The highest BCUT2D eigenvalue weighted by molar-refractivity contribution is 7.19. The predicted molar refractivity (Wildman–Crippen MR) is 143 cm³/mol. The van der Waals surface area contributed by atoms with Crippen LogP contribution in [0.2, 0.25) is 8.67 Å². The summed E-state index contributed by atoms with van der Waals surface area (Å²) in [7, 11) is 0. The molecule has 4 aromatic heterocycles. The van der Waals surface area contributed by atoms with E-state index in [1.807, 2.05) is 30.3 Å². The highest BCUT2D eigenvalue weighted by atomic mass is 35.5. The van der Waals surface area contributed by atoms with E-state index < -0.39 is 6.09 Å². The fraction of sp³-hybridized carbons (Fsp3) is 0.375. The second-order valence-corrected chi connectivity index (χ2v) is 12.3. The van der Waals surface area contributed by atoms with E-state index in [-0.39, 0.29) is 11.9 Å². The maximum absolute atomic E-state index is 12.6. The molecule has 0 atom stereocenters. The molecule has 0 aliphatic carbocycles. The number of likely N-dealkylation sites (tertiary alicyclic amines) is 1. The Morgan fingerprint density at radius 2 is 1.83 bits per heavy atom. The van der Waals surface area contributed by atoms with Crippen molar-refractivity contribution in [1.29, 1.82) is 0 Å². The van der Waals surface area contributed by atoms with Crippen LogP contribution in [0.5, 0.6) is 5.88 Å². The number of aromatic nitrogens is 3. The third-order valence-corrected chi connectivity index (χ3v) is 8.55. The van der Waals surface area contributed by atoms with Gasteiger partial charge in [-0.2, -0.15) is 0 Å². The first-order valence-corrected chi connectivity index (χ1v) is 14.0. The average molecular weight is 567 g/mol. The minimum atomic E-state index is -0.503. The molecule has 5 rings (SSSR count). The van der Waals surface area contributed by atoms with Gasteiger partial charge < -0.3 is 19.5 Å². The molecule has 0 aromatic carbocycles. The molecule has 4 aromatic rings. The lowest BCUT2D eigenvalue weighted by molar-refractivity contribution is 0.151. The van der Waals surface area contributed by atoms with Gasteiger partial charge in [0.15, 0.2) is 5.76 Å². The fourth-order valence-electron chi connectivity index (χ4n) is 4.17.